The number of ether oxygens (including phenoxy) is 2. The minimum Gasteiger partial charge on any atom is -0.497 e. The zero-order valence-electron chi connectivity index (χ0n) is 22.0. The van der Waals surface area contributed by atoms with Crippen LogP contribution < -0.4 is 15.9 Å². The predicted octanol–water partition coefficient (Wildman–Crippen LogP) is 4.74. The van der Waals surface area contributed by atoms with Gasteiger partial charge >= 0.3 is 0 Å². The van der Waals surface area contributed by atoms with Crippen LogP contribution in [0.2, 0.25) is 0 Å². The summed E-state index contributed by atoms with van der Waals surface area (Å²) in [6.07, 6.45) is 3.07. The van der Waals surface area contributed by atoms with Crippen LogP contribution in [-0.2, 0) is 21.8 Å². The summed E-state index contributed by atoms with van der Waals surface area (Å²) in [5.41, 5.74) is 4.89. The Morgan fingerprint density at radius 2 is 1.92 bits per heavy atom. The largest absolute Gasteiger partial charge is 0.497 e. The quantitative estimate of drug-likeness (QED) is 0.140. The zero-order valence-corrected chi connectivity index (χ0v) is 22.8. The maximum absolute atomic E-state index is 12.6. The first-order chi connectivity index (χ1) is 17.4. The third kappa shape index (κ3) is 8.75. The fraction of sp³-hybridized carbons (Fsp3) is 0.500. The Bertz CT molecular complexity index is 986. The van der Waals surface area contributed by atoms with Gasteiger partial charge in [-0.3, -0.25) is 4.79 Å². The van der Waals surface area contributed by atoms with E-state index in [4.69, 9.17) is 15.3 Å². The molecular formula is C28H40N4O3S. The molecule has 1 amide bonds. The minimum atomic E-state index is -0.0282. The Kier molecular flexibility index (Phi) is 10.9. The summed E-state index contributed by atoms with van der Waals surface area (Å²) < 4.78 is 11.1. The van der Waals surface area contributed by atoms with E-state index in [2.05, 4.69) is 54.3 Å². The van der Waals surface area contributed by atoms with Gasteiger partial charge in [0.15, 0.2) is 0 Å². The lowest BCUT2D eigenvalue weighted by atomic mass is 10.1. The Balaban J connectivity index is 1.57. The highest BCUT2D eigenvalue weighted by Gasteiger charge is 2.26. The summed E-state index contributed by atoms with van der Waals surface area (Å²) >= 11 is 1.85. The number of hydrogen-bond acceptors (Lipinski definition) is 6. The normalized spacial score (nSPS) is 16.6. The summed E-state index contributed by atoms with van der Waals surface area (Å²) in [6.45, 7) is 8.44. The molecule has 0 radical (unpaired) electrons. The number of amidine groups is 1. The molecule has 1 fully saturated rings. The summed E-state index contributed by atoms with van der Waals surface area (Å²) in [4.78, 5) is 14.8. The van der Waals surface area contributed by atoms with Gasteiger partial charge in [-0.1, -0.05) is 41.5 Å². The molecule has 36 heavy (non-hydrogen) atoms. The molecule has 1 saturated heterocycles. The van der Waals surface area contributed by atoms with E-state index in [0.29, 0.717) is 19.4 Å². The second kappa shape index (κ2) is 14.1. The Hall–Kier alpha value is -2.71. The van der Waals surface area contributed by atoms with Crippen LogP contribution in [0.3, 0.4) is 0 Å². The lowest BCUT2D eigenvalue weighted by Crippen LogP contribution is -2.43. The van der Waals surface area contributed by atoms with Crippen molar-refractivity contribution in [2.24, 2.45) is 10.9 Å². The average molecular weight is 513 g/mol. The number of carbonyl (C=O) groups is 1. The van der Waals surface area contributed by atoms with E-state index < -0.39 is 0 Å². The lowest BCUT2D eigenvalue weighted by molar-refractivity contribution is -0.121. The topological polar surface area (TPSA) is 89.2 Å². The molecule has 1 aliphatic heterocycles. The minimum absolute atomic E-state index is 0.0282. The molecule has 1 heterocycles. The van der Waals surface area contributed by atoms with Crippen molar-refractivity contribution in [3.05, 3.63) is 64.7 Å². The van der Waals surface area contributed by atoms with Gasteiger partial charge in [-0.15, -0.1) is 11.8 Å². The number of nitrogens with zero attached hydrogens (tertiary/aromatic N) is 2. The van der Waals surface area contributed by atoms with Crippen molar-refractivity contribution in [1.82, 2.24) is 10.2 Å². The van der Waals surface area contributed by atoms with Crippen LogP contribution in [-0.4, -0.2) is 48.4 Å². The molecule has 8 heteroatoms. The van der Waals surface area contributed by atoms with E-state index in [1.807, 2.05) is 36.0 Å². The van der Waals surface area contributed by atoms with Crippen molar-refractivity contribution < 1.29 is 14.3 Å². The molecule has 2 unspecified atom stereocenters. The number of nitrogens with two attached hydrogens (primary N) is 1. The highest BCUT2D eigenvalue weighted by molar-refractivity contribution is 7.99. The summed E-state index contributed by atoms with van der Waals surface area (Å²) in [5, 5.41) is 7.25. The molecule has 2 aromatic rings. The van der Waals surface area contributed by atoms with Crippen LogP contribution in [0.5, 0.6) is 5.75 Å². The van der Waals surface area contributed by atoms with Gasteiger partial charge < -0.3 is 25.5 Å². The van der Waals surface area contributed by atoms with Crippen LogP contribution in [0, 0.1) is 13.8 Å². The predicted molar refractivity (Wildman–Crippen MR) is 148 cm³/mol. The number of methoxy groups -OCH3 is 1. The first-order valence-corrected chi connectivity index (χ1v) is 13.7. The standard InChI is InChI=1S/C28H40N4O3S/c1-20-14-21(2)16-24(15-20)19-36-22(3)32(18-26-6-5-13-35-26)27(31-29)11-12-28(33)30-17-23-7-9-25(34-4)10-8-23/h7-10,14-16,22,26H,5-6,11-13,17-19,29H2,1-4H3,(H,30,33)/b31-27-. The summed E-state index contributed by atoms with van der Waals surface area (Å²) in [7, 11) is 1.64. The monoisotopic (exact) mass is 512 g/mol. The number of rotatable bonds is 12. The van der Waals surface area contributed by atoms with E-state index in [1.54, 1.807) is 7.11 Å². The van der Waals surface area contributed by atoms with Gasteiger partial charge in [0.05, 0.1) is 18.6 Å². The highest BCUT2D eigenvalue weighted by Crippen LogP contribution is 2.25. The molecular weight excluding hydrogens is 472 g/mol. The van der Waals surface area contributed by atoms with Crippen molar-refractivity contribution >= 4 is 23.5 Å². The van der Waals surface area contributed by atoms with Gasteiger partial charge in [0, 0.05) is 38.3 Å². The first-order valence-electron chi connectivity index (χ1n) is 12.6. The smallest absolute Gasteiger partial charge is 0.220 e. The molecule has 2 aromatic carbocycles. The van der Waals surface area contributed by atoms with Crippen molar-refractivity contribution in [1.29, 1.82) is 0 Å². The Morgan fingerprint density at radius 1 is 1.19 bits per heavy atom. The van der Waals surface area contributed by atoms with Crippen LogP contribution in [0.25, 0.3) is 0 Å². The molecule has 0 spiro atoms. The fourth-order valence-electron chi connectivity index (χ4n) is 4.47. The number of thioether (sulfide) groups is 1. The molecule has 7 nitrogen and oxygen atoms in total. The SMILES string of the molecule is COc1ccc(CNC(=O)CC/C(=N/N)N(CC2CCCO2)C(C)SCc2cc(C)cc(C)c2)cc1. The lowest BCUT2D eigenvalue weighted by Gasteiger charge is -2.33. The molecule has 3 rings (SSSR count). The van der Waals surface area contributed by atoms with Gasteiger partial charge in [-0.05, 0) is 56.9 Å². The van der Waals surface area contributed by atoms with E-state index in [9.17, 15) is 4.79 Å². The van der Waals surface area contributed by atoms with Gasteiger partial charge in [-0.2, -0.15) is 5.10 Å². The molecule has 1 aliphatic rings. The molecule has 0 aromatic heterocycles. The molecule has 196 valence electrons. The van der Waals surface area contributed by atoms with E-state index in [-0.39, 0.29) is 17.4 Å². The van der Waals surface area contributed by atoms with Crippen LogP contribution >= 0.6 is 11.8 Å². The van der Waals surface area contributed by atoms with Crippen molar-refractivity contribution in [3.63, 3.8) is 0 Å². The maximum atomic E-state index is 12.6. The van der Waals surface area contributed by atoms with Gasteiger partial charge in [0.2, 0.25) is 5.91 Å². The number of aryl methyl sites for hydroxylation is 2. The molecule has 0 bridgehead atoms. The molecule has 0 saturated carbocycles. The summed E-state index contributed by atoms with van der Waals surface area (Å²) in [6, 6.07) is 14.3. The third-order valence-corrected chi connectivity index (χ3v) is 7.58. The van der Waals surface area contributed by atoms with E-state index >= 15 is 0 Å². The van der Waals surface area contributed by atoms with Crippen molar-refractivity contribution in [2.75, 3.05) is 20.3 Å². The van der Waals surface area contributed by atoms with Crippen molar-refractivity contribution in [3.8, 4) is 5.75 Å². The number of nitrogens with one attached hydrogen (secondary N) is 1. The number of amides is 1. The second-order valence-electron chi connectivity index (χ2n) is 9.36. The van der Waals surface area contributed by atoms with Crippen LogP contribution in [0.4, 0.5) is 0 Å². The molecule has 2 atom stereocenters. The number of hydrogen-bond donors (Lipinski definition) is 2. The van der Waals surface area contributed by atoms with Gasteiger partial charge in [0.25, 0.3) is 0 Å². The van der Waals surface area contributed by atoms with Crippen LogP contribution in [0.15, 0.2) is 47.6 Å². The van der Waals surface area contributed by atoms with Gasteiger partial charge in [0.1, 0.15) is 11.6 Å². The molecule has 3 N–H and O–H groups in total. The zero-order chi connectivity index (χ0) is 25.9. The van der Waals surface area contributed by atoms with E-state index in [0.717, 1.165) is 48.9 Å². The number of hydrazone groups is 1. The van der Waals surface area contributed by atoms with Crippen molar-refractivity contribution in [2.45, 2.75) is 70.2 Å². The van der Waals surface area contributed by atoms with Gasteiger partial charge in [-0.25, -0.2) is 0 Å². The number of carbonyl (C=O) groups excluding carboxylic acids is 1. The van der Waals surface area contributed by atoms with Crippen LogP contribution in [0.1, 0.15) is 54.9 Å². The maximum Gasteiger partial charge on any atom is 0.220 e. The highest BCUT2D eigenvalue weighted by atomic mass is 32.2. The fourth-order valence-corrected chi connectivity index (χ4v) is 5.46. The number of benzene rings is 2. The average Bonchev–Trinajstić information content (AvgIpc) is 3.38. The second-order valence-corrected chi connectivity index (χ2v) is 10.7. The summed E-state index contributed by atoms with van der Waals surface area (Å²) in [5.74, 6) is 8.27. The van der Waals surface area contributed by atoms with E-state index in [1.165, 1.54) is 16.7 Å². The Labute approximate surface area is 219 Å². The Morgan fingerprint density at radius 3 is 2.53 bits per heavy atom. The first kappa shape index (κ1) is 27.9. The molecule has 0 aliphatic carbocycles. The third-order valence-electron chi connectivity index (χ3n) is 6.34.